The lowest BCUT2D eigenvalue weighted by Crippen LogP contribution is -2.60. The highest BCUT2D eigenvalue weighted by Crippen LogP contribution is 2.36. The van der Waals surface area contributed by atoms with E-state index < -0.39 is 17.4 Å². The molecule has 1 atom stereocenters. The molecule has 3 rings (SSSR count). The lowest BCUT2D eigenvalue weighted by atomic mass is 10.0. The smallest absolute Gasteiger partial charge is 0.282 e. The summed E-state index contributed by atoms with van der Waals surface area (Å²) in [5.74, 6) is -0.0766. The predicted octanol–water partition coefficient (Wildman–Crippen LogP) is 2.84. The highest BCUT2D eigenvalue weighted by molar-refractivity contribution is 6.19. The van der Waals surface area contributed by atoms with Crippen LogP contribution in [0, 0.1) is 13.8 Å². The summed E-state index contributed by atoms with van der Waals surface area (Å²) in [5.41, 5.74) is 1.05. The van der Waals surface area contributed by atoms with Crippen molar-refractivity contribution in [2.24, 2.45) is 0 Å². The number of nitrogens with zero attached hydrogens (tertiary/aromatic N) is 2. The quantitative estimate of drug-likeness (QED) is 0.873. The average Bonchev–Trinajstić information content (AvgIpc) is 2.55. The Hall–Kier alpha value is -2.89. The third-order valence-corrected chi connectivity index (χ3v) is 4.20. The van der Waals surface area contributed by atoms with Crippen LogP contribution in [0.3, 0.4) is 0 Å². The maximum Gasteiger partial charge on any atom is 0.282 e. The standard InChI is InChI=1S/C19H21N3O3/c1-5-22-16-15(7-6-8-20-16)25-19(4,18(22)24)17(23)21-14-10-12(2)9-13(3)11-14/h6-11H,5H2,1-4H3,(H,21,23)/t19-/m1/s1. The zero-order valence-corrected chi connectivity index (χ0v) is 14.8. The number of carbonyl (C=O) groups excluding carboxylic acids is 2. The van der Waals surface area contributed by atoms with Gasteiger partial charge in [0.25, 0.3) is 17.4 Å². The molecule has 1 N–H and O–H groups in total. The molecule has 0 spiro atoms. The number of nitrogens with one attached hydrogen (secondary N) is 1. The summed E-state index contributed by atoms with van der Waals surface area (Å²) in [6, 6.07) is 9.15. The number of hydrogen-bond acceptors (Lipinski definition) is 4. The molecule has 1 aliphatic heterocycles. The summed E-state index contributed by atoms with van der Waals surface area (Å²) in [7, 11) is 0. The molecule has 130 valence electrons. The second-order valence-corrected chi connectivity index (χ2v) is 6.34. The lowest BCUT2D eigenvalue weighted by molar-refractivity contribution is -0.145. The second kappa shape index (κ2) is 6.20. The molecule has 1 aromatic heterocycles. The van der Waals surface area contributed by atoms with E-state index in [2.05, 4.69) is 10.3 Å². The average molecular weight is 339 g/mol. The summed E-state index contributed by atoms with van der Waals surface area (Å²) in [4.78, 5) is 31.5. The van der Waals surface area contributed by atoms with Crippen molar-refractivity contribution in [3.63, 3.8) is 0 Å². The van der Waals surface area contributed by atoms with E-state index in [-0.39, 0.29) is 0 Å². The minimum atomic E-state index is -1.65. The zero-order valence-electron chi connectivity index (χ0n) is 14.8. The fraction of sp³-hybridized carbons (Fsp3) is 0.316. The van der Waals surface area contributed by atoms with E-state index in [0.29, 0.717) is 23.8 Å². The number of pyridine rings is 1. The van der Waals surface area contributed by atoms with Crippen molar-refractivity contribution in [3.05, 3.63) is 47.7 Å². The fourth-order valence-corrected chi connectivity index (χ4v) is 3.02. The molecule has 2 aromatic rings. The molecule has 1 aliphatic rings. The van der Waals surface area contributed by atoms with Crippen LogP contribution in [-0.2, 0) is 9.59 Å². The molecule has 6 nitrogen and oxygen atoms in total. The number of benzene rings is 1. The van der Waals surface area contributed by atoms with Gasteiger partial charge in [0.1, 0.15) is 0 Å². The Balaban J connectivity index is 1.95. The number of amides is 2. The van der Waals surface area contributed by atoms with Crippen molar-refractivity contribution in [2.45, 2.75) is 33.3 Å². The molecular formula is C19H21N3O3. The van der Waals surface area contributed by atoms with Crippen molar-refractivity contribution in [3.8, 4) is 5.75 Å². The summed E-state index contributed by atoms with van der Waals surface area (Å²) < 4.78 is 5.79. The maximum atomic E-state index is 12.9. The lowest BCUT2D eigenvalue weighted by Gasteiger charge is -2.38. The van der Waals surface area contributed by atoms with Gasteiger partial charge in [0.05, 0.1) is 0 Å². The van der Waals surface area contributed by atoms with E-state index in [1.54, 1.807) is 18.3 Å². The highest BCUT2D eigenvalue weighted by Gasteiger charge is 2.50. The number of hydrogen-bond donors (Lipinski definition) is 1. The number of ether oxygens (including phenoxy) is 1. The van der Waals surface area contributed by atoms with Gasteiger partial charge in [-0.1, -0.05) is 6.07 Å². The van der Waals surface area contributed by atoms with E-state index in [1.807, 2.05) is 39.0 Å². The second-order valence-electron chi connectivity index (χ2n) is 6.34. The number of aromatic nitrogens is 1. The maximum absolute atomic E-state index is 12.9. The topological polar surface area (TPSA) is 71.5 Å². The largest absolute Gasteiger partial charge is 0.464 e. The number of rotatable bonds is 3. The first-order valence-electron chi connectivity index (χ1n) is 8.21. The van der Waals surface area contributed by atoms with Crippen LogP contribution in [0.15, 0.2) is 36.5 Å². The zero-order chi connectivity index (χ0) is 18.2. The Kier molecular flexibility index (Phi) is 4.20. The molecule has 25 heavy (non-hydrogen) atoms. The number of fused-ring (bicyclic) bond motifs is 1. The minimum absolute atomic E-state index is 0.401. The van der Waals surface area contributed by atoms with Gasteiger partial charge < -0.3 is 10.1 Å². The van der Waals surface area contributed by atoms with Gasteiger partial charge in [0.2, 0.25) is 0 Å². The molecule has 0 radical (unpaired) electrons. The number of aryl methyl sites for hydroxylation is 2. The van der Waals surface area contributed by atoms with Crippen molar-refractivity contribution in [1.29, 1.82) is 0 Å². The van der Waals surface area contributed by atoms with Crippen LogP contribution in [0.25, 0.3) is 0 Å². The number of carbonyl (C=O) groups is 2. The molecule has 0 bridgehead atoms. The van der Waals surface area contributed by atoms with Gasteiger partial charge >= 0.3 is 0 Å². The van der Waals surface area contributed by atoms with Gasteiger partial charge in [0, 0.05) is 18.4 Å². The molecule has 0 fully saturated rings. The SMILES string of the molecule is CCN1C(=O)[C@@](C)(C(=O)Nc2cc(C)cc(C)c2)Oc2cccnc21. The summed E-state index contributed by atoms with van der Waals surface area (Å²) in [6.07, 6.45) is 1.59. The van der Waals surface area contributed by atoms with E-state index >= 15 is 0 Å². The van der Waals surface area contributed by atoms with E-state index in [0.717, 1.165) is 11.1 Å². The third-order valence-electron chi connectivity index (χ3n) is 4.20. The normalized spacial score (nSPS) is 19.2. The molecule has 0 unspecified atom stereocenters. The first-order chi connectivity index (χ1) is 11.8. The van der Waals surface area contributed by atoms with Crippen LogP contribution >= 0.6 is 0 Å². The van der Waals surface area contributed by atoms with Crippen LogP contribution in [0.5, 0.6) is 5.75 Å². The molecule has 6 heteroatoms. The molecular weight excluding hydrogens is 318 g/mol. The molecule has 2 amide bonds. The molecule has 0 saturated heterocycles. The van der Waals surface area contributed by atoms with Crippen LogP contribution in [0.1, 0.15) is 25.0 Å². The fourth-order valence-electron chi connectivity index (χ4n) is 3.02. The van der Waals surface area contributed by atoms with Crippen LogP contribution in [0.4, 0.5) is 11.5 Å². The Morgan fingerprint density at radius 1 is 1.28 bits per heavy atom. The monoisotopic (exact) mass is 339 g/mol. The summed E-state index contributed by atoms with van der Waals surface area (Å²) in [6.45, 7) is 7.63. The van der Waals surface area contributed by atoms with Crippen LogP contribution < -0.4 is 15.0 Å². The van der Waals surface area contributed by atoms with Crippen LogP contribution in [-0.4, -0.2) is 28.9 Å². The number of anilines is 2. The van der Waals surface area contributed by atoms with Crippen molar-refractivity contribution < 1.29 is 14.3 Å². The van der Waals surface area contributed by atoms with Crippen molar-refractivity contribution in [2.75, 3.05) is 16.8 Å². The number of likely N-dealkylation sites (N-methyl/N-ethyl adjacent to an activating group) is 1. The Bertz CT molecular complexity index is 829. The summed E-state index contributed by atoms with van der Waals surface area (Å²) >= 11 is 0. The van der Waals surface area contributed by atoms with Crippen LogP contribution in [0.2, 0.25) is 0 Å². The van der Waals surface area contributed by atoms with Gasteiger partial charge in [-0.2, -0.15) is 0 Å². The van der Waals surface area contributed by atoms with Crippen molar-refractivity contribution >= 4 is 23.3 Å². The highest BCUT2D eigenvalue weighted by atomic mass is 16.5. The van der Waals surface area contributed by atoms with Gasteiger partial charge in [0.15, 0.2) is 11.6 Å². The van der Waals surface area contributed by atoms with Gasteiger partial charge in [-0.25, -0.2) is 4.98 Å². The first kappa shape index (κ1) is 17.0. The molecule has 1 aromatic carbocycles. The minimum Gasteiger partial charge on any atom is -0.464 e. The van der Waals surface area contributed by atoms with E-state index in [9.17, 15) is 9.59 Å². The molecule has 0 aliphatic carbocycles. The van der Waals surface area contributed by atoms with Gasteiger partial charge in [-0.3, -0.25) is 14.5 Å². The van der Waals surface area contributed by atoms with E-state index in [1.165, 1.54) is 11.8 Å². The predicted molar refractivity (Wildman–Crippen MR) is 95.8 cm³/mol. The molecule has 0 saturated carbocycles. The first-order valence-corrected chi connectivity index (χ1v) is 8.21. The van der Waals surface area contributed by atoms with Gasteiger partial charge in [-0.15, -0.1) is 0 Å². The Labute approximate surface area is 146 Å². The Morgan fingerprint density at radius 3 is 2.60 bits per heavy atom. The molecule has 2 heterocycles. The van der Waals surface area contributed by atoms with Gasteiger partial charge in [-0.05, 0) is 63.1 Å². The Morgan fingerprint density at radius 2 is 1.96 bits per heavy atom. The summed E-state index contributed by atoms with van der Waals surface area (Å²) in [5, 5.41) is 2.81. The third kappa shape index (κ3) is 2.95. The van der Waals surface area contributed by atoms with Crippen molar-refractivity contribution in [1.82, 2.24) is 4.98 Å². The van der Waals surface area contributed by atoms with E-state index in [4.69, 9.17) is 4.74 Å².